The number of halogens is 1. The lowest BCUT2D eigenvalue weighted by Crippen LogP contribution is -2.05. The second-order valence-electron chi connectivity index (χ2n) is 5.75. The largest absolute Gasteiger partial charge is 0.372 e. The maximum Gasteiger partial charge on any atom is 0.123 e. The highest BCUT2D eigenvalue weighted by Crippen LogP contribution is 2.23. The van der Waals surface area contributed by atoms with Gasteiger partial charge < -0.3 is 9.73 Å². The van der Waals surface area contributed by atoms with Gasteiger partial charge in [0.05, 0.1) is 13.2 Å². The Balaban J connectivity index is 1.75. The molecule has 4 heteroatoms. The molecule has 2 rings (SSSR count). The van der Waals surface area contributed by atoms with Crippen molar-refractivity contribution in [1.82, 2.24) is 0 Å². The number of aliphatic imine (C=N–C) groups is 1. The summed E-state index contributed by atoms with van der Waals surface area (Å²) in [7, 11) is 0. The van der Waals surface area contributed by atoms with Crippen molar-refractivity contribution in [3.63, 3.8) is 0 Å². The molecular formula is C20H24FNOS. The van der Waals surface area contributed by atoms with E-state index in [-0.39, 0.29) is 5.82 Å². The average molecular weight is 345 g/mol. The smallest absolute Gasteiger partial charge is 0.123 e. The molecule has 2 nitrogen and oxygen atoms in total. The molecule has 0 amide bonds. The molecule has 0 aliphatic rings. The summed E-state index contributed by atoms with van der Waals surface area (Å²) in [5, 5.41) is 0. The van der Waals surface area contributed by atoms with E-state index in [0.717, 1.165) is 29.8 Å². The van der Waals surface area contributed by atoms with E-state index in [2.05, 4.69) is 42.9 Å². The second-order valence-corrected chi connectivity index (χ2v) is 6.85. The van der Waals surface area contributed by atoms with Gasteiger partial charge in [0.25, 0.3) is 0 Å². The maximum absolute atomic E-state index is 12.8. The van der Waals surface area contributed by atoms with Crippen molar-refractivity contribution in [3.8, 4) is 0 Å². The van der Waals surface area contributed by atoms with Crippen LogP contribution in [0, 0.1) is 11.7 Å². The molecule has 0 fully saturated rings. The molecule has 2 aromatic carbocycles. The second kappa shape index (κ2) is 10.3. The number of hydrogen-bond donors (Lipinski definition) is 0. The van der Waals surface area contributed by atoms with Crippen molar-refractivity contribution < 1.29 is 9.13 Å². The zero-order valence-corrected chi connectivity index (χ0v) is 14.9. The van der Waals surface area contributed by atoms with Crippen LogP contribution in [0.15, 0.2) is 58.4 Å². The normalized spacial score (nSPS) is 12.1. The van der Waals surface area contributed by atoms with Gasteiger partial charge in [0.2, 0.25) is 0 Å². The molecule has 1 atom stereocenters. The molecule has 0 saturated heterocycles. The molecule has 0 aliphatic heterocycles. The Morgan fingerprint density at radius 1 is 1.04 bits per heavy atom. The van der Waals surface area contributed by atoms with E-state index >= 15 is 0 Å². The third-order valence-electron chi connectivity index (χ3n) is 3.82. The highest BCUT2D eigenvalue weighted by Gasteiger charge is 2.06. The summed E-state index contributed by atoms with van der Waals surface area (Å²) < 4.78 is 18.5. The molecule has 0 radical (unpaired) electrons. The summed E-state index contributed by atoms with van der Waals surface area (Å²) in [4.78, 5) is 5.26. The van der Waals surface area contributed by atoms with Crippen LogP contribution in [-0.4, -0.2) is 19.0 Å². The van der Waals surface area contributed by atoms with Crippen LogP contribution in [-0.2, 0) is 18.0 Å². The van der Waals surface area contributed by atoms with Crippen LogP contribution < -0.4 is 0 Å². The molecule has 2 aromatic rings. The zero-order valence-electron chi connectivity index (χ0n) is 14.1. The summed E-state index contributed by atoms with van der Waals surface area (Å²) in [5.41, 5.74) is 2.12. The number of hydrogen-bond acceptors (Lipinski definition) is 3. The van der Waals surface area contributed by atoms with Crippen molar-refractivity contribution in [2.24, 2.45) is 10.9 Å². The molecule has 0 N–H and O–H groups in total. The predicted octanol–water partition coefficient (Wildman–Crippen LogP) is 5.36. The third-order valence-corrected chi connectivity index (χ3v) is 5.07. The van der Waals surface area contributed by atoms with Gasteiger partial charge in [0.15, 0.2) is 0 Å². The molecular weight excluding hydrogens is 321 g/mol. The molecule has 0 spiro atoms. The van der Waals surface area contributed by atoms with Crippen molar-refractivity contribution in [2.45, 2.75) is 31.5 Å². The predicted molar refractivity (Wildman–Crippen MR) is 100 cm³/mol. The average Bonchev–Trinajstić information content (AvgIpc) is 2.61. The lowest BCUT2D eigenvalue weighted by atomic mass is 10.1. The molecule has 24 heavy (non-hydrogen) atoms. The van der Waals surface area contributed by atoms with E-state index in [0.29, 0.717) is 19.1 Å². The first-order chi connectivity index (χ1) is 11.7. The van der Waals surface area contributed by atoms with Crippen LogP contribution in [0.1, 0.15) is 24.5 Å². The summed E-state index contributed by atoms with van der Waals surface area (Å²) >= 11 is 1.86. The van der Waals surface area contributed by atoms with E-state index in [4.69, 9.17) is 4.74 Å². The zero-order chi connectivity index (χ0) is 17.2. The van der Waals surface area contributed by atoms with E-state index in [1.54, 1.807) is 12.1 Å². The minimum atomic E-state index is -0.221. The van der Waals surface area contributed by atoms with Gasteiger partial charge in [-0.1, -0.05) is 37.6 Å². The van der Waals surface area contributed by atoms with Crippen molar-refractivity contribution in [2.75, 3.05) is 12.3 Å². The van der Waals surface area contributed by atoms with Gasteiger partial charge in [-0.2, -0.15) is 0 Å². The minimum Gasteiger partial charge on any atom is -0.372 e. The fourth-order valence-electron chi connectivity index (χ4n) is 2.25. The highest BCUT2D eigenvalue weighted by molar-refractivity contribution is 7.99. The summed E-state index contributed by atoms with van der Waals surface area (Å²) in [6.07, 6.45) is 1.13. The van der Waals surface area contributed by atoms with Crippen LogP contribution in [0.5, 0.6) is 0 Å². The Hall–Kier alpha value is -1.65. The van der Waals surface area contributed by atoms with Crippen molar-refractivity contribution in [1.29, 1.82) is 0 Å². The van der Waals surface area contributed by atoms with Crippen LogP contribution in [0.25, 0.3) is 0 Å². The standard InChI is InChI=1S/C20H24FNOS/c1-3-16(12-22-2)15-24-20-10-6-18(7-11-20)14-23-13-17-4-8-19(21)9-5-17/h4-11,16H,2-3,12-15H2,1H3. The Bertz CT molecular complexity index is 613. The van der Waals surface area contributed by atoms with Gasteiger partial charge >= 0.3 is 0 Å². The molecule has 1 unspecified atom stereocenters. The summed E-state index contributed by atoms with van der Waals surface area (Å²) in [6, 6.07) is 14.9. The number of ether oxygens (including phenoxy) is 1. The van der Waals surface area contributed by atoms with Crippen molar-refractivity contribution >= 4 is 18.5 Å². The van der Waals surface area contributed by atoms with Gasteiger partial charge in [-0.3, -0.25) is 0 Å². The monoisotopic (exact) mass is 345 g/mol. The van der Waals surface area contributed by atoms with E-state index in [9.17, 15) is 4.39 Å². The van der Waals surface area contributed by atoms with Crippen LogP contribution >= 0.6 is 11.8 Å². The van der Waals surface area contributed by atoms with Crippen LogP contribution in [0.3, 0.4) is 0 Å². The molecule has 0 aromatic heterocycles. The first-order valence-corrected chi connectivity index (χ1v) is 9.16. The number of nitrogens with zero attached hydrogens (tertiary/aromatic N) is 1. The number of rotatable bonds is 10. The first-order valence-electron chi connectivity index (χ1n) is 8.17. The fourth-order valence-corrected chi connectivity index (χ4v) is 3.34. The number of benzene rings is 2. The Kier molecular flexibility index (Phi) is 7.99. The Labute approximate surface area is 148 Å². The molecule has 0 heterocycles. The quantitative estimate of drug-likeness (QED) is 0.427. The van der Waals surface area contributed by atoms with Gasteiger partial charge in [-0.25, -0.2) is 4.39 Å². The SMILES string of the molecule is C=NCC(CC)CSc1ccc(COCc2ccc(F)cc2)cc1. The van der Waals surface area contributed by atoms with Crippen LogP contribution in [0.4, 0.5) is 4.39 Å². The molecule has 0 bridgehead atoms. The lowest BCUT2D eigenvalue weighted by molar-refractivity contribution is 0.107. The third kappa shape index (κ3) is 6.46. The fraction of sp³-hybridized carbons (Fsp3) is 0.350. The summed E-state index contributed by atoms with van der Waals surface area (Å²) in [6.45, 7) is 7.65. The number of thioether (sulfide) groups is 1. The Morgan fingerprint density at radius 3 is 2.17 bits per heavy atom. The topological polar surface area (TPSA) is 21.6 Å². The lowest BCUT2D eigenvalue weighted by Gasteiger charge is -2.11. The highest BCUT2D eigenvalue weighted by atomic mass is 32.2. The van der Waals surface area contributed by atoms with E-state index < -0.39 is 0 Å². The van der Waals surface area contributed by atoms with Gasteiger partial charge in [-0.05, 0) is 48.0 Å². The minimum absolute atomic E-state index is 0.221. The first kappa shape index (κ1) is 18.7. The molecule has 0 aliphatic carbocycles. The van der Waals surface area contributed by atoms with Gasteiger partial charge in [0.1, 0.15) is 5.82 Å². The maximum atomic E-state index is 12.8. The Morgan fingerprint density at radius 2 is 1.62 bits per heavy atom. The van der Waals surface area contributed by atoms with Crippen LogP contribution in [0.2, 0.25) is 0 Å². The molecule has 128 valence electrons. The summed E-state index contributed by atoms with van der Waals surface area (Å²) in [5.74, 6) is 1.43. The van der Waals surface area contributed by atoms with Gasteiger partial charge in [-0.15, -0.1) is 11.8 Å². The molecule has 0 saturated carbocycles. The van der Waals surface area contributed by atoms with E-state index in [1.807, 2.05) is 11.8 Å². The van der Waals surface area contributed by atoms with Gasteiger partial charge in [0, 0.05) is 17.2 Å². The van der Waals surface area contributed by atoms with Crippen molar-refractivity contribution in [3.05, 3.63) is 65.5 Å². The van der Waals surface area contributed by atoms with E-state index in [1.165, 1.54) is 17.0 Å².